The van der Waals surface area contributed by atoms with Crippen molar-refractivity contribution in [2.24, 2.45) is 0 Å². The Hall–Kier alpha value is -1.22. The predicted octanol–water partition coefficient (Wildman–Crippen LogP) is 2.71. The number of nitrogens with zero attached hydrogens (tertiary/aromatic N) is 1. The second-order valence-electron chi connectivity index (χ2n) is 4.90. The highest BCUT2D eigenvalue weighted by Gasteiger charge is 2.16. The summed E-state index contributed by atoms with van der Waals surface area (Å²) in [5.41, 5.74) is 2.09. The van der Waals surface area contributed by atoms with E-state index in [-0.39, 0.29) is 5.78 Å². The van der Waals surface area contributed by atoms with Crippen molar-refractivity contribution in [3.8, 4) is 0 Å². The fourth-order valence-corrected chi connectivity index (χ4v) is 2.25. The van der Waals surface area contributed by atoms with E-state index in [1.807, 2.05) is 12.3 Å². The van der Waals surface area contributed by atoms with Crippen molar-refractivity contribution in [1.29, 1.82) is 0 Å². The molecule has 0 spiro atoms. The first kappa shape index (κ1) is 13.2. The van der Waals surface area contributed by atoms with Crippen molar-refractivity contribution in [2.45, 2.75) is 51.6 Å². The Bertz CT molecular complexity index is 380. The number of Topliss-reactive ketones (excluding diaryl/α,β-unsaturated/α-hetero) is 1. The van der Waals surface area contributed by atoms with Crippen molar-refractivity contribution < 1.29 is 9.53 Å². The van der Waals surface area contributed by atoms with E-state index in [0.717, 1.165) is 38.0 Å². The zero-order valence-electron chi connectivity index (χ0n) is 11.0. The van der Waals surface area contributed by atoms with Crippen LogP contribution in [0.3, 0.4) is 0 Å². The number of ether oxygens (including phenoxy) is 1. The van der Waals surface area contributed by atoms with Crippen molar-refractivity contribution in [3.63, 3.8) is 0 Å². The molecule has 0 radical (unpaired) electrons. The van der Waals surface area contributed by atoms with Crippen molar-refractivity contribution >= 4 is 5.78 Å². The number of rotatable bonds is 6. The maximum absolute atomic E-state index is 11.8. The van der Waals surface area contributed by atoms with E-state index in [1.54, 1.807) is 0 Å². The lowest BCUT2D eigenvalue weighted by Crippen LogP contribution is -2.10. The smallest absolute Gasteiger partial charge is 0.138 e. The number of aromatic nitrogens is 1. The molecule has 18 heavy (non-hydrogen) atoms. The third-order valence-corrected chi connectivity index (χ3v) is 3.44. The van der Waals surface area contributed by atoms with Gasteiger partial charge in [0.25, 0.3) is 0 Å². The van der Waals surface area contributed by atoms with Crippen LogP contribution in [0.25, 0.3) is 0 Å². The molecule has 2 heterocycles. The number of aryl methyl sites for hydroxylation is 1. The summed E-state index contributed by atoms with van der Waals surface area (Å²) in [5.74, 6) is 0.266. The number of ketones is 1. The quantitative estimate of drug-likeness (QED) is 0.776. The van der Waals surface area contributed by atoms with E-state index in [2.05, 4.69) is 18.0 Å². The molecule has 1 atom stereocenters. The molecule has 1 saturated heterocycles. The lowest BCUT2D eigenvalue weighted by molar-refractivity contribution is -0.119. The molecule has 0 amide bonds. The van der Waals surface area contributed by atoms with Gasteiger partial charge in [0.15, 0.2) is 0 Å². The lowest BCUT2D eigenvalue weighted by Gasteiger charge is -2.08. The van der Waals surface area contributed by atoms with Crippen molar-refractivity contribution in [2.75, 3.05) is 6.61 Å². The van der Waals surface area contributed by atoms with Gasteiger partial charge in [0, 0.05) is 31.3 Å². The minimum absolute atomic E-state index is 0.266. The zero-order chi connectivity index (χ0) is 12.8. The maximum atomic E-state index is 11.8. The summed E-state index contributed by atoms with van der Waals surface area (Å²) in [4.78, 5) is 16.1. The van der Waals surface area contributed by atoms with Crippen LogP contribution in [-0.2, 0) is 22.4 Å². The van der Waals surface area contributed by atoms with Gasteiger partial charge in [-0.3, -0.25) is 9.78 Å². The Morgan fingerprint density at radius 3 is 3.00 bits per heavy atom. The molecule has 3 heteroatoms. The molecular formula is C15H21NO2. The molecule has 1 aromatic heterocycles. The van der Waals surface area contributed by atoms with Crippen LogP contribution in [0.2, 0.25) is 0 Å². The molecule has 3 nitrogen and oxygen atoms in total. The second-order valence-corrected chi connectivity index (χ2v) is 4.90. The average Bonchev–Trinajstić information content (AvgIpc) is 2.90. The van der Waals surface area contributed by atoms with Gasteiger partial charge in [-0.1, -0.05) is 13.0 Å². The van der Waals surface area contributed by atoms with Gasteiger partial charge in [0.05, 0.1) is 6.10 Å². The number of carbonyl (C=O) groups is 1. The fraction of sp³-hybridized carbons (Fsp3) is 0.600. The Morgan fingerprint density at radius 1 is 1.50 bits per heavy atom. The van der Waals surface area contributed by atoms with E-state index < -0.39 is 0 Å². The molecule has 1 fully saturated rings. The minimum Gasteiger partial charge on any atom is -0.378 e. The number of pyridine rings is 1. The van der Waals surface area contributed by atoms with Crippen LogP contribution in [0.15, 0.2) is 18.3 Å². The van der Waals surface area contributed by atoms with Crippen LogP contribution < -0.4 is 0 Å². The predicted molar refractivity (Wildman–Crippen MR) is 70.5 cm³/mol. The van der Waals surface area contributed by atoms with Gasteiger partial charge in [-0.25, -0.2) is 0 Å². The van der Waals surface area contributed by atoms with E-state index in [9.17, 15) is 4.79 Å². The molecule has 0 saturated carbocycles. The van der Waals surface area contributed by atoms with Gasteiger partial charge in [0.1, 0.15) is 5.78 Å². The van der Waals surface area contributed by atoms with Crippen LogP contribution >= 0.6 is 0 Å². The molecule has 2 rings (SSSR count). The summed E-state index contributed by atoms with van der Waals surface area (Å²) < 4.78 is 5.52. The standard InChI is InChI=1S/C15H21NO2/c1-2-12-5-6-13(16-11-12)10-14(17)7-8-15-4-3-9-18-15/h5-6,11,15H,2-4,7-10H2,1H3. The van der Waals surface area contributed by atoms with Crippen LogP contribution in [0.4, 0.5) is 0 Å². The molecule has 0 bridgehead atoms. The molecule has 98 valence electrons. The summed E-state index contributed by atoms with van der Waals surface area (Å²) >= 11 is 0. The third-order valence-electron chi connectivity index (χ3n) is 3.44. The van der Waals surface area contributed by atoms with Gasteiger partial charge in [0.2, 0.25) is 0 Å². The maximum Gasteiger partial charge on any atom is 0.138 e. The summed E-state index contributed by atoms with van der Waals surface area (Å²) in [6.07, 6.45) is 7.34. The number of hydrogen-bond donors (Lipinski definition) is 0. The van der Waals surface area contributed by atoms with Gasteiger partial charge in [-0.15, -0.1) is 0 Å². The highest BCUT2D eigenvalue weighted by atomic mass is 16.5. The molecular weight excluding hydrogens is 226 g/mol. The number of hydrogen-bond acceptors (Lipinski definition) is 3. The van der Waals surface area contributed by atoms with Gasteiger partial charge in [-0.05, 0) is 37.3 Å². The Morgan fingerprint density at radius 2 is 2.39 bits per heavy atom. The summed E-state index contributed by atoms with van der Waals surface area (Å²) in [6, 6.07) is 4.01. The van der Waals surface area contributed by atoms with Crippen molar-refractivity contribution in [1.82, 2.24) is 4.98 Å². The summed E-state index contributed by atoms with van der Waals surface area (Å²) in [7, 11) is 0. The van der Waals surface area contributed by atoms with Crippen LogP contribution in [-0.4, -0.2) is 23.5 Å². The SMILES string of the molecule is CCc1ccc(CC(=O)CCC2CCCO2)nc1. The van der Waals surface area contributed by atoms with Crippen LogP contribution in [0.5, 0.6) is 0 Å². The van der Waals surface area contributed by atoms with Crippen LogP contribution in [0, 0.1) is 0 Å². The van der Waals surface area contributed by atoms with Gasteiger partial charge < -0.3 is 4.74 Å². The third kappa shape index (κ3) is 3.91. The first-order chi connectivity index (χ1) is 8.78. The highest BCUT2D eigenvalue weighted by molar-refractivity contribution is 5.80. The molecule has 0 aliphatic carbocycles. The van der Waals surface area contributed by atoms with E-state index >= 15 is 0 Å². The fourth-order valence-electron chi connectivity index (χ4n) is 2.25. The first-order valence-corrected chi connectivity index (χ1v) is 6.85. The molecule has 1 aromatic rings. The number of carbonyl (C=O) groups excluding carboxylic acids is 1. The van der Waals surface area contributed by atoms with Gasteiger partial charge >= 0.3 is 0 Å². The highest BCUT2D eigenvalue weighted by Crippen LogP contribution is 2.17. The Kier molecular flexibility index (Phi) is 4.88. The average molecular weight is 247 g/mol. The zero-order valence-corrected chi connectivity index (χ0v) is 11.0. The molecule has 0 aromatic carbocycles. The minimum atomic E-state index is 0.266. The molecule has 1 unspecified atom stereocenters. The second kappa shape index (κ2) is 6.64. The van der Waals surface area contributed by atoms with Crippen LogP contribution in [0.1, 0.15) is 43.9 Å². The topological polar surface area (TPSA) is 39.2 Å². The monoisotopic (exact) mass is 247 g/mol. The molecule has 1 aliphatic heterocycles. The normalized spacial score (nSPS) is 19.1. The Balaban J connectivity index is 1.75. The molecule has 1 aliphatic rings. The largest absolute Gasteiger partial charge is 0.378 e. The van der Waals surface area contributed by atoms with E-state index in [4.69, 9.17) is 4.74 Å². The lowest BCUT2D eigenvalue weighted by atomic mass is 10.1. The van der Waals surface area contributed by atoms with E-state index in [1.165, 1.54) is 5.56 Å². The summed E-state index contributed by atoms with van der Waals surface area (Å²) in [6.45, 7) is 2.96. The molecule has 0 N–H and O–H groups in total. The first-order valence-electron chi connectivity index (χ1n) is 6.85. The summed E-state index contributed by atoms with van der Waals surface area (Å²) in [5, 5.41) is 0. The Labute approximate surface area is 109 Å². The van der Waals surface area contributed by atoms with Gasteiger partial charge in [-0.2, -0.15) is 0 Å². The van der Waals surface area contributed by atoms with Crippen molar-refractivity contribution in [3.05, 3.63) is 29.6 Å². The van der Waals surface area contributed by atoms with E-state index in [0.29, 0.717) is 18.9 Å².